The Morgan fingerprint density at radius 2 is 2.06 bits per heavy atom. The number of aromatic nitrogens is 2. The van der Waals surface area contributed by atoms with Gasteiger partial charge < -0.3 is 9.80 Å². The minimum absolute atomic E-state index is 0.183. The highest BCUT2D eigenvalue weighted by molar-refractivity contribution is 6.30. The monoisotopic (exact) mass is 266 g/mol. The maximum atomic E-state index is 12.3. The van der Waals surface area contributed by atoms with Crippen molar-refractivity contribution in [3.05, 3.63) is 17.4 Å². The number of anilines is 1. The van der Waals surface area contributed by atoms with Crippen molar-refractivity contribution in [2.75, 3.05) is 18.0 Å². The molecule has 3 rings (SSSR count). The molecule has 2 atom stereocenters. The first-order valence-corrected chi connectivity index (χ1v) is 6.59. The molecule has 0 aromatic carbocycles. The number of carbonyl (C=O) groups is 1. The van der Waals surface area contributed by atoms with Gasteiger partial charge in [0.1, 0.15) is 6.04 Å². The summed E-state index contributed by atoms with van der Waals surface area (Å²) >= 11 is 5.79. The van der Waals surface area contributed by atoms with Crippen molar-refractivity contribution in [2.24, 2.45) is 0 Å². The Balaban J connectivity index is 1.88. The Labute approximate surface area is 111 Å². The predicted molar refractivity (Wildman–Crippen MR) is 68.6 cm³/mol. The molecule has 2 fully saturated rings. The Morgan fingerprint density at radius 3 is 2.78 bits per heavy atom. The number of nitrogens with zero attached hydrogens (tertiary/aromatic N) is 4. The summed E-state index contributed by atoms with van der Waals surface area (Å²) in [7, 11) is 0. The fraction of sp³-hybridized carbons (Fsp3) is 0.583. The lowest BCUT2D eigenvalue weighted by Crippen LogP contribution is -2.59. The predicted octanol–water partition coefficient (Wildman–Crippen LogP) is 1.33. The standard InChI is InChI=1S/C12H15ClN4O/c1-8-11(18)16-4-2-3-10(16)7-17(8)12-14-5-9(13)6-15-12/h5-6,8,10H,2-4,7H2,1H3/t8-,10-/m1/s1. The van der Waals surface area contributed by atoms with Crippen LogP contribution in [0.4, 0.5) is 5.95 Å². The minimum Gasteiger partial charge on any atom is -0.336 e. The third-order valence-corrected chi connectivity index (χ3v) is 3.95. The zero-order valence-electron chi connectivity index (χ0n) is 10.2. The lowest BCUT2D eigenvalue weighted by molar-refractivity contribution is -0.134. The minimum atomic E-state index is -0.194. The molecule has 1 aromatic heterocycles. The third-order valence-electron chi connectivity index (χ3n) is 3.76. The Morgan fingerprint density at radius 1 is 1.33 bits per heavy atom. The van der Waals surface area contributed by atoms with Crippen LogP contribution in [0.25, 0.3) is 0 Å². The molecule has 96 valence electrons. The molecule has 5 nitrogen and oxygen atoms in total. The summed E-state index contributed by atoms with van der Waals surface area (Å²) in [6.07, 6.45) is 5.31. The summed E-state index contributed by atoms with van der Waals surface area (Å²) < 4.78 is 0. The summed E-state index contributed by atoms with van der Waals surface area (Å²) in [4.78, 5) is 24.7. The van der Waals surface area contributed by atoms with E-state index in [0.717, 1.165) is 25.9 Å². The van der Waals surface area contributed by atoms with Gasteiger partial charge in [0.05, 0.1) is 17.4 Å². The topological polar surface area (TPSA) is 49.3 Å². The van der Waals surface area contributed by atoms with E-state index in [9.17, 15) is 4.79 Å². The summed E-state index contributed by atoms with van der Waals surface area (Å²) in [5.74, 6) is 0.772. The third kappa shape index (κ3) is 1.82. The largest absolute Gasteiger partial charge is 0.336 e. The number of amides is 1. The maximum Gasteiger partial charge on any atom is 0.245 e. The van der Waals surface area contributed by atoms with Crippen molar-refractivity contribution in [1.82, 2.24) is 14.9 Å². The molecule has 6 heteroatoms. The average molecular weight is 267 g/mol. The summed E-state index contributed by atoms with van der Waals surface area (Å²) in [6, 6.07) is 0.119. The molecule has 0 N–H and O–H groups in total. The van der Waals surface area contributed by atoms with Crippen LogP contribution in [0.2, 0.25) is 5.02 Å². The van der Waals surface area contributed by atoms with Crippen LogP contribution in [-0.4, -0.2) is 45.9 Å². The number of fused-ring (bicyclic) bond motifs is 1. The van der Waals surface area contributed by atoms with E-state index in [-0.39, 0.29) is 11.9 Å². The molecule has 2 aliphatic rings. The zero-order valence-corrected chi connectivity index (χ0v) is 11.0. The molecular weight excluding hydrogens is 252 g/mol. The normalized spacial score (nSPS) is 27.6. The van der Waals surface area contributed by atoms with Gasteiger partial charge in [0.2, 0.25) is 11.9 Å². The van der Waals surface area contributed by atoms with Crippen LogP contribution in [0.5, 0.6) is 0 Å². The zero-order chi connectivity index (χ0) is 12.7. The molecule has 0 aliphatic carbocycles. The fourth-order valence-corrected chi connectivity index (χ4v) is 2.88. The number of piperazine rings is 1. The Hall–Kier alpha value is -1.36. The fourth-order valence-electron chi connectivity index (χ4n) is 2.78. The number of hydrogen-bond donors (Lipinski definition) is 0. The molecule has 2 aliphatic heterocycles. The van der Waals surface area contributed by atoms with Gasteiger partial charge in [-0.25, -0.2) is 9.97 Å². The highest BCUT2D eigenvalue weighted by atomic mass is 35.5. The molecular formula is C12H15ClN4O. The number of hydrogen-bond acceptors (Lipinski definition) is 4. The van der Waals surface area contributed by atoms with Gasteiger partial charge >= 0.3 is 0 Å². The first kappa shape index (κ1) is 11.7. The van der Waals surface area contributed by atoms with E-state index in [0.29, 0.717) is 17.0 Å². The second kappa shape index (κ2) is 4.39. The lowest BCUT2D eigenvalue weighted by Gasteiger charge is -2.41. The molecule has 2 saturated heterocycles. The van der Waals surface area contributed by atoms with Crippen molar-refractivity contribution < 1.29 is 4.79 Å². The second-order valence-electron chi connectivity index (χ2n) is 4.86. The van der Waals surface area contributed by atoms with Crippen LogP contribution < -0.4 is 4.90 Å². The quantitative estimate of drug-likeness (QED) is 0.770. The van der Waals surface area contributed by atoms with Crippen LogP contribution in [0.1, 0.15) is 19.8 Å². The summed E-state index contributed by atoms with van der Waals surface area (Å²) in [5, 5.41) is 0.511. The molecule has 1 aromatic rings. The van der Waals surface area contributed by atoms with E-state index in [4.69, 9.17) is 11.6 Å². The van der Waals surface area contributed by atoms with Gasteiger partial charge in [-0.1, -0.05) is 11.6 Å². The van der Waals surface area contributed by atoms with Crippen LogP contribution in [0, 0.1) is 0 Å². The van der Waals surface area contributed by atoms with E-state index in [2.05, 4.69) is 9.97 Å². The van der Waals surface area contributed by atoms with Crippen molar-refractivity contribution in [3.63, 3.8) is 0 Å². The van der Waals surface area contributed by atoms with Crippen LogP contribution in [0.15, 0.2) is 12.4 Å². The molecule has 0 bridgehead atoms. The molecule has 3 heterocycles. The van der Waals surface area contributed by atoms with Gasteiger partial charge in [-0.15, -0.1) is 0 Å². The number of halogens is 1. The second-order valence-corrected chi connectivity index (χ2v) is 5.29. The van der Waals surface area contributed by atoms with Crippen LogP contribution >= 0.6 is 11.6 Å². The van der Waals surface area contributed by atoms with Crippen molar-refractivity contribution in [2.45, 2.75) is 31.8 Å². The molecule has 0 unspecified atom stereocenters. The molecule has 0 spiro atoms. The van der Waals surface area contributed by atoms with Crippen molar-refractivity contribution in [1.29, 1.82) is 0 Å². The first-order chi connectivity index (χ1) is 8.66. The summed E-state index contributed by atoms with van der Waals surface area (Å²) in [6.45, 7) is 3.62. The van der Waals surface area contributed by atoms with Crippen LogP contribution in [0.3, 0.4) is 0 Å². The van der Waals surface area contributed by atoms with E-state index in [1.54, 1.807) is 12.4 Å². The van der Waals surface area contributed by atoms with Gasteiger partial charge in [-0.05, 0) is 19.8 Å². The van der Waals surface area contributed by atoms with Crippen molar-refractivity contribution >= 4 is 23.5 Å². The van der Waals surface area contributed by atoms with Gasteiger partial charge in [-0.2, -0.15) is 0 Å². The van der Waals surface area contributed by atoms with E-state index in [1.807, 2.05) is 16.7 Å². The van der Waals surface area contributed by atoms with Gasteiger partial charge in [-0.3, -0.25) is 4.79 Å². The SMILES string of the molecule is C[C@@H]1C(=O)N2CCC[C@@H]2CN1c1ncc(Cl)cn1. The van der Waals surface area contributed by atoms with E-state index < -0.39 is 0 Å². The van der Waals surface area contributed by atoms with Crippen molar-refractivity contribution in [3.8, 4) is 0 Å². The first-order valence-electron chi connectivity index (χ1n) is 6.21. The number of carbonyl (C=O) groups excluding carboxylic acids is 1. The maximum absolute atomic E-state index is 12.3. The van der Waals surface area contributed by atoms with E-state index >= 15 is 0 Å². The molecule has 1 amide bonds. The van der Waals surface area contributed by atoms with Gasteiger partial charge in [0.25, 0.3) is 0 Å². The Kier molecular flexibility index (Phi) is 2.86. The molecule has 0 radical (unpaired) electrons. The highest BCUT2D eigenvalue weighted by Crippen LogP contribution is 2.27. The Bertz CT molecular complexity index is 464. The van der Waals surface area contributed by atoms with E-state index in [1.165, 1.54) is 0 Å². The van der Waals surface area contributed by atoms with Gasteiger partial charge in [0, 0.05) is 19.1 Å². The average Bonchev–Trinajstić information content (AvgIpc) is 2.83. The molecule has 0 saturated carbocycles. The smallest absolute Gasteiger partial charge is 0.245 e. The summed E-state index contributed by atoms with van der Waals surface area (Å²) in [5.41, 5.74) is 0. The highest BCUT2D eigenvalue weighted by Gasteiger charge is 2.41. The lowest BCUT2D eigenvalue weighted by atomic mass is 10.1. The molecule has 18 heavy (non-hydrogen) atoms. The van der Waals surface area contributed by atoms with Gasteiger partial charge in [0.15, 0.2) is 0 Å². The van der Waals surface area contributed by atoms with Crippen LogP contribution in [-0.2, 0) is 4.79 Å². The number of rotatable bonds is 1.